The van der Waals surface area contributed by atoms with E-state index in [-0.39, 0.29) is 16.4 Å². The number of hydrogen-bond acceptors (Lipinski definition) is 5. The average Bonchev–Trinajstić information content (AvgIpc) is 3.24. The van der Waals surface area contributed by atoms with Gasteiger partial charge in [0.15, 0.2) is 0 Å². The number of carbonyl (C=O) groups excluding carboxylic acids is 1. The number of benzene rings is 2. The van der Waals surface area contributed by atoms with Crippen LogP contribution in [-0.2, 0) is 10.0 Å². The Morgan fingerprint density at radius 1 is 1.10 bits per heavy atom. The van der Waals surface area contributed by atoms with E-state index < -0.39 is 10.0 Å². The molecule has 0 aliphatic carbocycles. The lowest BCUT2D eigenvalue weighted by Gasteiger charge is -2.20. The Balaban J connectivity index is 1.83. The third kappa shape index (κ3) is 4.36. The van der Waals surface area contributed by atoms with Crippen LogP contribution in [0.3, 0.4) is 0 Å². The highest BCUT2D eigenvalue weighted by Crippen LogP contribution is 2.22. The zero-order valence-corrected chi connectivity index (χ0v) is 17.3. The second-order valence-electron chi connectivity index (χ2n) is 6.41. The summed E-state index contributed by atoms with van der Waals surface area (Å²) in [7, 11) is -3.65. The van der Waals surface area contributed by atoms with Crippen molar-refractivity contribution in [1.29, 1.82) is 0 Å². The number of nitrogens with zero attached hydrogens (tertiary/aromatic N) is 4. The second-order valence-corrected chi connectivity index (χ2v) is 8.32. The number of amides is 1. The van der Waals surface area contributed by atoms with Gasteiger partial charge in [0.1, 0.15) is 12.7 Å². The first-order chi connectivity index (χ1) is 13.9. The van der Waals surface area contributed by atoms with E-state index >= 15 is 0 Å². The van der Waals surface area contributed by atoms with Crippen molar-refractivity contribution in [2.45, 2.75) is 25.7 Å². The average molecular weight is 414 g/mol. The van der Waals surface area contributed by atoms with Crippen molar-refractivity contribution < 1.29 is 13.2 Å². The van der Waals surface area contributed by atoms with Crippen LogP contribution in [0.5, 0.6) is 0 Å². The van der Waals surface area contributed by atoms with E-state index in [1.165, 1.54) is 16.7 Å². The smallest absolute Gasteiger partial charge is 0.255 e. The molecule has 0 spiro atoms. The summed E-state index contributed by atoms with van der Waals surface area (Å²) in [5.74, 6) is -0.380. The third-order valence-corrected chi connectivity index (χ3v) is 6.77. The molecule has 0 bridgehead atoms. The number of aryl methyl sites for hydroxylation is 1. The van der Waals surface area contributed by atoms with Crippen molar-refractivity contribution in [3.63, 3.8) is 0 Å². The van der Waals surface area contributed by atoms with Gasteiger partial charge in [-0.25, -0.2) is 18.1 Å². The fraction of sp³-hybridized carbons (Fsp3) is 0.250. The molecule has 0 saturated carbocycles. The zero-order chi connectivity index (χ0) is 21.0. The lowest BCUT2D eigenvalue weighted by atomic mass is 10.1. The van der Waals surface area contributed by atoms with Crippen molar-refractivity contribution in [2.24, 2.45) is 0 Å². The lowest BCUT2D eigenvalue weighted by molar-refractivity contribution is 0.102. The van der Waals surface area contributed by atoms with Gasteiger partial charge in [0.25, 0.3) is 5.91 Å². The summed E-state index contributed by atoms with van der Waals surface area (Å²) in [6.45, 7) is 6.03. The molecule has 1 heterocycles. The van der Waals surface area contributed by atoms with Crippen LogP contribution in [0.4, 0.5) is 5.69 Å². The van der Waals surface area contributed by atoms with Crippen LogP contribution in [-0.4, -0.2) is 46.5 Å². The van der Waals surface area contributed by atoms with Gasteiger partial charge in [-0.05, 0) is 48.9 Å². The van der Waals surface area contributed by atoms with Gasteiger partial charge in [0, 0.05) is 24.3 Å². The van der Waals surface area contributed by atoms with Crippen molar-refractivity contribution in [2.75, 3.05) is 18.4 Å². The minimum atomic E-state index is -3.65. The van der Waals surface area contributed by atoms with E-state index in [9.17, 15) is 13.2 Å². The number of hydrogen-bond donors (Lipinski definition) is 1. The highest BCUT2D eigenvalue weighted by atomic mass is 32.2. The molecular weight excluding hydrogens is 390 g/mol. The topological polar surface area (TPSA) is 97.2 Å². The minimum Gasteiger partial charge on any atom is -0.322 e. The molecule has 0 saturated heterocycles. The van der Waals surface area contributed by atoms with Gasteiger partial charge < -0.3 is 5.32 Å². The van der Waals surface area contributed by atoms with Gasteiger partial charge in [0.05, 0.1) is 10.6 Å². The largest absolute Gasteiger partial charge is 0.322 e. The van der Waals surface area contributed by atoms with Gasteiger partial charge in [-0.3, -0.25) is 4.79 Å². The summed E-state index contributed by atoms with van der Waals surface area (Å²) in [5.41, 5.74) is 2.28. The quantitative estimate of drug-likeness (QED) is 0.642. The van der Waals surface area contributed by atoms with Crippen LogP contribution < -0.4 is 5.32 Å². The van der Waals surface area contributed by atoms with E-state index in [1.54, 1.807) is 68.2 Å². The van der Waals surface area contributed by atoms with E-state index in [0.29, 0.717) is 24.3 Å². The predicted molar refractivity (Wildman–Crippen MR) is 111 cm³/mol. The molecule has 1 aromatic heterocycles. The van der Waals surface area contributed by atoms with Gasteiger partial charge in [-0.2, -0.15) is 9.40 Å². The van der Waals surface area contributed by atoms with E-state index in [4.69, 9.17) is 0 Å². The summed E-state index contributed by atoms with van der Waals surface area (Å²) >= 11 is 0. The van der Waals surface area contributed by atoms with Crippen molar-refractivity contribution in [1.82, 2.24) is 19.1 Å². The van der Waals surface area contributed by atoms with Gasteiger partial charge in [-0.1, -0.05) is 19.9 Å². The lowest BCUT2D eigenvalue weighted by Crippen LogP contribution is -2.31. The summed E-state index contributed by atoms with van der Waals surface area (Å²) in [6, 6.07) is 11.8. The number of sulfonamides is 1. The van der Waals surface area contributed by atoms with E-state index in [1.807, 2.05) is 0 Å². The van der Waals surface area contributed by atoms with Crippen LogP contribution in [0.1, 0.15) is 29.8 Å². The summed E-state index contributed by atoms with van der Waals surface area (Å²) in [4.78, 5) is 16.7. The standard InChI is InChI=1S/C20H23N5O3S/c1-4-24(5-2)29(27,28)19-12-16(7-6-15(19)3)20(26)23-17-8-10-18(11-9-17)25-14-21-13-22-25/h6-14H,4-5H2,1-3H3,(H,23,26). The van der Waals surface area contributed by atoms with Gasteiger partial charge in [0.2, 0.25) is 10.0 Å². The fourth-order valence-corrected chi connectivity index (χ4v) is 4.67. The maximum Gasteiger partial charge on any atom is 0.255 e. The van der Waals surface area contributed by atoms with Crippen molar-refractivity contribution in [3.05, 3.63) is 66.2 Å². The monoisotopic (exact) mass is 413 g/mol. The molecule has 0 aliphatic rings. The molecule has 9 heteroatoms. The number of anilines is 1. The van der Waals surface area contributed by atoms with Crippen LogP contribution >= 0.6 is 0 Å². The molecule has 0 aliphatic heterocycles. The molecule has 0 fully saturated rings. The summed E-state index contributed by atoms with van der Waals surface area (Å²) in [6.07, 6.45) is 3.02. The van der Waals surface area contributed by atoms with Crippen LogP contribution in [0.2, 0.25) is 0 Å². The van der Waals surface area contributed by atoms with Crippen molar-refractivity contribution >= 4 is 21.6 Å². The Kier molecular flexibility index (Phi) is 6.09. The first-order valence-corrected chi connectivity index (χ1v) is 10.7. The first kappa shape index (κ1) is 20.7. The highest BCUT2D eigenvalue weighted by Gasteiger charge is 2.24. The van der Waals surface area contributed by atoms with E-state index in [0.717, 1.165) is 5.69 Å². The predicted octanol–water partition coefficient (Wildman–Crippen LogP) is 2.86. The molecule has 2 aromatic carbocycles. The molecule has 8 nitrogen and oxygen atoms in total. The maximum atomic E-state index is 12.9. The van der Waals surface area contributed by atoms with Gasteiger partial charge in [-0.15, -0.1) is 0 Å². The Morgan fingerprint density at radius 2 is 1.79 bits per heavy atom. The Morgan fingerprint density at radius 3 is 2.38 bits per heavy atom. The number of aromatic nitrogens is 3. The molecular formula is C20H23N5O3S. The van der Waals surface area contributed by atoms with Crippen LogP contribution in [0, 0.1) is 6.92 Å². The van der Waals surface area contributed by atoms with Crippen LogP contribution in [0.15, 0.2) is 60.0 Å². The third-order valence-electron chi connectivity index (χ3n) is 4.58. The SMILES string of the molecule is CCN(CC)S(=O)(=O)c1cc(C(=O)Nc2ccc(-n3cncn3)cc2)ccc1C. The molecule has 0 atom stereocenters. The Hall–Kier alpha value is -3.04. The molecule has 1 amide bonds. The Bertz CT molecular complexity index is 1090. The normalized spacial score (nSPS) is 11.6. The van der Waals surface area contributed by atoms with Crippen molar-refractivity contribution in [3.8, 4) is 5.69 Å². The zero-order valence-electron chi connectivity index (χ0n) is 16.5. The second kappa shape index (κ2) is 8.54. The molecule has 152 valence electrons. The first-order valence-electron chi connectivity index (χ1n) is 9.24. The Labute approximate surface area is 170 Å². The van der Waals surface area contributed by atoms with E-state index in [2.05, 4.69) is 15.4 Å². The molecule has 0 radical (unpaired) electrons. The molecule has 3 aromatic rings. The molecule has 3 rings (SSSR count). The van der Waals surface area contributed by atoms with Crippen LogP contribution in [0.25, 0.3) is 5.69 Å². The van der Waals surface area contributed by atoms with Gasteiger partial charge >= 0.3 is 0 Å². The number of carbonyl (C=O) groups is 1. The fourth-order valence-electron chi connectivity index (χ4n) is 2.96. The number of nitrogens with one attached hydrogen (secondary N) is 1. The molecule has 1 N–H and O–H groups in total. The summed E-state index contributed by atoms with van der Waals surface area (Å²) in [5, 5.41) is 6.84. The number of rotatable bonds is 7. The minimum absolute atomic E-state index is 0.149. The molecule has 29 heavy (non-hydrogen) atoms. The molecule has 0 unspecified atom stereocenters. The summed E-state index contributed by atoms with van der Waals surface area (Å²) < 4.78 is 28.7. The maximum absolute atomic E-state index is 12.9. The highest BCUT2D eigenvalue weighted by molar-refractivity contribution is 7.89.